The van der Waals surface area contributed by atoms with Gasteiger partial charge < -0.3 is 20.1 Å². The number of aryl methyl sites for hydroxylation is 1. The molecule has 1 aliphatic heterocycles. The van der Waals surface area contributed by atoms with Crippen LogP contribution < -0.4 is 10.2 Å². The largest absolute Gasteiger partial charge is 0.395 e. The summed E-state index contributed by atoms with van der Waals surface area (Å²) in [6.45, 7) is 2.54. The van der Waals surface area contributed by atoms with Gasteiger partial charge in [-0.05, 0) is 30.0 Å². The number of benzene rings is 1. The number of rotatable bonds is 6. The van der Waals surface area contributed by atoms with Crippen LogP contribution in [0.25, 0.3) is 0 Å². The first-order valence-electron chi connectivity index (χ1n) is 6.90. The molecule has 0 aromatic heterocycles. The van der Waals surface area contributed by atoms with Gasteiger partial charge in [0.25, 0.3) is 0 Å². The third kappa shape index (κ3) is 3.69. The number of nitrogens with one attached hydrogen (secondary N) is 1. The molecule has 1 atom stereocenters. The van der Waals surface area contributed by atoms with Gasteiger partial charge in [-0.1, -0.05) is 12.1 Å². The number of ether oxygens (including phenoxy) is 1. The number of aliphatic hydroxyl groups is 1. The predicted octanol–water partition coefficient (Wildman–Crippen LogP) is 1.17. The van der Waals surface area contributed by atoms with Gasteiger partial charge in [-0.2, -0.15) is 0 Å². The summed E-state index contributed by atoms with van der Waals surface area (Å²) < 4.78 is 5.06. The molecule has 19 heavy (non-hydrogen) atoms. The van der Waals surface area contributed by atoms with E-state index >= 15 is 0 Å². The fourth-order valence-electron chi connectivity index (χ4n) is 2.59. The minimum Gasteiger partial charge on any atom is -0.395 e. The number of hydrogen-bond donors (Lipinski definition) is 2. The maximum absolute atomic E-state index is 9.21. The summed E-state index contributed by atoms with van der Waals surface area (Å²) in [5.74, 6) is 0. The minimum atomic E-state index is 0.00343. The van der Waals surface area contributed by atoms with Crippen LogP contribution in [0.2, 0.25) is 0 Å². The van der Waals surface area contributed by atoms with Crippen LogP contribution in [-0.4, -0.2) is 45.1 Å². The molecular formula is C15H24N2O2. The van der Waals surface area contributed by atoms with Gasteiger partial charge in [-0.3, -0.25) is 0 Å². The second kappa shape index (κ2) is 6.89. The molecule has 4 nitrogen and oxygen atoms in total. The zero-order valence-corrected chi connectivity index (χ0v) is 11.9. The fourth-order valence-corrected chi connectivity index (χ4v) is 2.59. The van der Waals surface area contributed by atoms with Crippen molar-refractivity contribution >= 4 is 5.69 Å². The molecule has 0 bridgehead atoms. The normalized spacial score (nSPS) is 16.3. The standard InChI is InChI=1S/C15H24N2O2/c1-17-7-3-4-13-8-12(5-6-15(13)17)9-16-14(10-18)11-19-2/h5-6,8,14,16,18H,3-4,7,9-11H2,1-2H3. The Morgan fingerprint density at radius 1 is 1.47 bits per heavy atom. The summed E-state index contributed by atoms with van der Waals surface area (Å²) >= 11 is 0. The first-order valence-corrected chi connectivity index (χ1v) is 6.90. The molecule has 1 aromatic rings. The molecule has 1 aliphatic rings. The molecule has 0 spiro atoms. The van der Waals surface area contributed by atoms with Crippen LogP contribution in [0.15, 0.2) is 18.2 Å². The van der Waals surface area contributed by atoms with Gasteiger partial charge in [0.1, 0.15) is 0 Å². The average molecular weight is 264 g/mol. The van der Waals surface area contributed by atoms with Crippen molar-refractivity contribution in [1.82, 2.24) is 5.32 Å². The summed E-state index contributed by atoms with van der Waals surface area (Å²) in [6, 6.07) is 6.65. The van der Waals surface area contributed by atoms with E-state index in [1.54, 1.807) is 7.11 Å². The van der Waals surface area contributed by atoms with Crippen molar-refractivity contribution in [3.8, 4) is 0 Å². The van der Waals surface area contributed by atoms with E-state index in [0.29, 0.717) is 6.61 Å². The number of hydrogen-bond acceptors (Lipinski definition) is 4. The van der Waals surface area contributed by atoms with Crippen LogP contribution in [-0.2, 0) is 17.7 Å². The third-order valence-electron chi connectivity index (χ3n) is 3.68. The van der Waals surface area contributed by atoms with Crippen molar-refractivity contribution in [2.75, 3.05) is 38.8 Å². The second-order valence-electron chi connectivity index (χ2n) is 5.20. The molecular weight excluding hydrogens is 240 g/mol. The lowest BCUT2D eigenvalue weighted by Gasteiger charge is -2.28. The molecule has 0 saturated carbocycles. The molecule has 106 valence electrons. The Balaban J connectivity index is 1.98. The molecule has 0 fully saturated rings. The smallest absolute Gasteiger partial charge is 0.0638 e. The van der Waals surface area contributed by atoms with Crippen LogP contribution in [0, 0.1) is 0 Å². The molecule has 2 rings (SSSR count). The lowest BCUT2D eigenvalue weighted by Crippen LogP contribution is -2.36. The summed E-state index contributed by atoms with van der Waals surface area (Å²) in [7, 11) is 3.80. The lowest BCUT2D eigenvalue weighted by atomic mass is 9.99. The summed E-state index contributed by atoms with van der Waals surface area (Å²) in [6.07, 6.45) is 2.39. The Morgan fingerprint density at radius 3 is 3.05 bits per heavy atom. The third-order valence-corrected chi connectivity index (χ3v) is 3.68. The highest BCUT2D eigenvalue weighted by Gasteiger charge is 2.14. The van der Waals surface area contributed by atoms with Gasteiger partial charge in [0.2, 0.25) is 0 Å². The van der Waals surface area contributed by atoms with Crippen molar-refractivity contribution in [2.24, 2.45) is 0 Å². The highest BCUT2D eigenvalue weighted by Crippen LogP contribution is 2.26. The van der Waals surface area contributed by atoms with Gasteiger partial charge in [-0.15, -0.1) is 0 Å². The van der Waals surface area contributed by atoms with E-state index in [1.807, 2.05) is 0 Å². The van der Waals surface area contributed by atoms with E-state index in [2.05, 4.69) is 35.5 Å². The van der Waals surface area contributed by atoms with Crippen molar-refractivity contribution in [1.29, 1.82) is 0 Å². The van der Waals surface area contributed by atoms with E-state index in [9.17, 15) is 5.11 Å². The first kappa shape index (κ1) is 14.3. The van der Waals surface area contributed by atoms with Crippen molar-refractivity contribution in [3.63, 3.8) is 0 Å². The Hall–Kier alpha value is -1.10. The zero-order chi connectivity index (χ0) is 13.7. The second-order valence-corrected chi connectivity index (χ2v) is 5.20. The Labute approximate surface area is 115 Å². The predicted molar refractivity (Wildman–Crippen MR) is 77.6 cm³/mol. The number of aliphatic hydroxyl groups excluding tert-OH is 1. The average Bonchev–Trinajstić information content (AvgIpc) is 2.43. The van der Waals surface area contributed by atoms with Crippen molar-refractivity contribution in [2.45, 2.75) is 25.4 Å². The Morgan fingerprint density at radius 2 is 2.32 bits per heavy atom. The minimum absolute atomic E-state index is 0.00343. The van der Waals surface area contributed by atoms with E-state index in [0.717, 1.165) is 19.5 Å². The van der Waals surface area contributed by atoms with Gasteiger partial charge in [0, 0.05) is 32.9 Å². The highest BCUT2D eigenvalue weighted by molar-refractivity contribution is 5.56. The monoisotopic (exact) mass is 264 g/mol. The SMILES string of the molecule is COCC(CO)NCc1ccc2c(c1)CCCN2C. The van der Waals surface area contributed by atoms with E-state index in [-0.39, 0.29) is 12.6 Å². The van der Waals surface area contributed by atoms with Crippen LogP contribution in [0.3, 0.4) is 0 Å². The van der Waals surface area contributed by atoms with Crippen molar-refractivity contribution in [3.05, 3.63) is 29.3 Å². The zero-order valence-electron chi connectivity index (χ0n) is 11.9. The first-order chi connectivity index (χ1) is 9.24. The van der Waals surface area contributed by atoms with Crippen LogP contribution in [0.5, 0.6) is 0 Å². The molecule has 4 heteroatoms. The van der Waals surface area contributed by atoms with Crippen LogP contribution in [0.1, 0.15) is 17.5 Å². The quantitative estimate of drug-likeness (QED) is 0.809. The topological polar surface area (TPSA) is 44.7 Å². The molecule has 0 saturated heterocycles. The van der Waals surface area contributed by atoms with Gasteiger partial charge in [0.15, 0.2) is 0 Å². The number of methoxy groups -OCH3 is 1. The Bertz CT molecular complexity index is 409. The molecule has 1 heterocycles. The van der Waals surface area contributed by atoms with E-state index in [1.165, 1.54) is 23.2 Å². The van der Waals surface area contributed by atoms with Gasteiger partial charge in [0.05, 0.1) is 19.3 Å². The maximum Gasteiger partial charge on any atom is 0.0638 e. The molecule has 0 aliphatic carbocycles. The van der Waals surface area contributed by atoms with Gasteiger partial charge >= 0.3 is 0 Å². The summed E-state index contributed by atoms with van der Waals surface area (Å²) in [4.78, 5) is 2.32. The summed E-state index contributed by atoms with van der Waals surface area (Å²) in [5, 5.41) is 12.5. The van der Waals surface area contributed by atoms with E-state index < -0.39 is 0 Å². The van der Waals surface area contributed by atoms with E-state index in [4.69, 9.17) is 4.74 Å². The molecule has 2 N–H and O–H groups in total. The molecule has 0 radical (unpaired) electrons. The van der Waals surface area contributed by atoms with Gasteiger partial charge in [-0.25, -0.2) is 0 Å². The highest BCUT2D eigenvalue weighted by atomic mass is 16.5. The molecule has 1 aromatic carbocycles. The van der Waals surface area contributed by atoms with Crippen molar-refractivity contribution < 1.29 is 9.84 Å². The maximum atomic E-state index is 9.21. The number of nitrogens with zero attached hydrogens (tertiary/aromatic N) is 1. The fraction of sp³-hybridized carbons (Fsp3) is 0.600. The summed E-state index contributed by atoms with van der Waals surface area (Å²) in [5.41, 5.74) is 4.05. The molecule has 1 unspecified atom stereocenters. The van der Waals surface area contributed by atoms with Crippen LogP contribution >= 0.6 is 0 Å². The molecule has 0 amide bonds. The lowest BCUT2D eigenvalue weighted by molar-refractivity contribution is 0.128. The number of fused-ring (bicyclic) bond motifs is 1. The van der Waals surface area contributed by atoms with Crippen LogP contribution in [0.4, 0.5) is 5.69 Å². The Kier molecular flexibility index (Phi) is 5.19. The number of anilines is 1.